The third-order valence-corrected chi connectivity index (χ3v) is 5.47. The molecular weight excluding hydrogens is 363 g/mol. The molecule has 0 aliphatic carbocycles. The lowest BCUT2D eigenvalue weighted by Crippen LogP contribution is -2.17. The summed E-state index contributed by atoms with van der Waals surface area (Å²) >= 11 is 0. The van der Waals surface area contributed by atoms with Crippen LogP contribution in [0, 0.1) is 12.7 Å². The van der Waals surface area contributed by atoms with Crippen LogP contribution >= 0.6 is 0 Å². The minimum Gasteiger partial charge on any atom is -0.478 e. The number of benzene rings is 1. The van der Waals surface area contributed by atoms with E-state index < -0.39 is 27.5 Å². The number of anilines is 1. The van der Waals surface area contributed by atoms with E-state index in [4.69, 9.17) is 0 Å². The molecule has 0 atom stereocenters. The van der Waals surface area contributed by atoms with Crippen LogP contribution in [0.2, 0.25) is 0 Å². The van der Waals surface area contributed by atoms with E-state index in [0.29, 0.717) is 11.5 Å². The average Bonchev–Trinajstić information content (AvgIpc) is 2.88. The van der Waals surface area contributed by atoms with Crippen LogP contribution in [0.3, 0.4) is 0 Å². The van der Waals surface area contributed by atoms with Gasteiger partial charge in [-0.15, -0.1) is 0 Å². The first-order valence-electron chi connectivity index (χ1n) is 7.48. The second-order valence-corrected chi connectivity index (χ2v) is 7.62. The van der Waals surface area contributed by atoms with E-state index in [9.17, 15) is 22.7 Å². The number of nitrogens with one attached hydrogen (secondary N) is 1. The number of halogens is 1. The molecule has 0 aliphatic heterocycles. The summed E-state index contributed by atoms with van der Waals surface area (Å²) in [6, 6.07) is 4.39. The van der Waals surface area contributed by atoms with Gasteiger partial charge in [-0.25, -0.2) is 27.6 Å². The fourth-order valence-corrected chi connectivity index (χ4v) is 3.52. The lowest BCUT2D eigenvalue weighted by atomic mass is 10.2. The second kappa shape index (κ2) is 6.37. The maximum Gasteiger partial charge on any atom is 0.339 e. The van der Waals surface area contributed by atoms with Gasteiger partial charge in [-0.2, -0.15) is 0 Å². The molecule has 0 aliphatic rings. The highest BCUT2D eigenvalue weighted by molar-refractivity contribution is 7.91. The van der Waals surface area contributed by atoms with Crippen molar-refractivity contribution in [3.05, 3.63) is 47.7 Å². The summed E-state index contributed by atoms with van der Waals surface area (Å²) in [5, 5.41) is 12.0. The van der Waals surface area contributed by atoms with E-state index in [-0.39, 0.29) is 21.7 Å². The van der Waals surface area contributed by atoms with E-state index in [1.54, 1.807) is 18.5 Å². The van der Waals surface area contributed by atoms with E-state index in [0.717, 1.165) is 30.5 Å². The number of carbonyl (C=O) groups is 1. The molecule has 2 N–H and O–H groups in total. The summed E-state index contributed by atoms with van der Waals surface area (Å²) in [6.45, 7) is 1.72. The first-order valence-corrected chi connectivity index (χ1v) is 9.13. The third-order valence-electron chi connectivity index (χ3n) is 3.95. The minimum atomic E-state index is -3.82. The molecule has 2 heterocycles. The number of pyridine rings is 1. The van der Waals surface area contributed by atoms with Gasteiger partial charge in [0.1, 0.15) is 28.6 Å². The molecule has 3 rings (SSSR count). The lowest BCUT2D eigenvalue weighted by Gasteiger charge is -2.11. The lowest BCUT2D eigenvalue weighted by molar-refractivity contribution is 0.0697. The number of nitrogens with zero attached hydrogens (tertiary/aromatic N) is 3. The van der Waals surface area contributed by atoms with Crippen LogP contribution in [-0.4, -0.2) is 39.9 Å². The number of carboxylic acid groups (broad SMARTS) is 1. The predicted molar refractivity (Wildman–Crippen MR) is 92.3 cm³/mol. The van der Waals surface area contributed by atoms with Gasteiger partial charge in [0.2, 0.25) is 0 Å². The van der Waals surface area contributed by atoms with Gasteiger partial charge in [-0.3, -0.25) is 0 Å². The molecule has 3 aromatic rings. The Morgan fingerprint density at radius 1 is 1.31 bits per heavy atom. The van der Waals surface area contributed by atoms with Crippen molar-refractivity contribution < 1.29 is 22.7 Å². The molecule has 0 radical (unpaired) electrons. The van der Waals surface area contributed by atoms with E-state index >= 15 is 0 Å². The smallest absolute Gasteiger partial charge is 0.339 e. The number of rotatable bonds is 5. The van der Waals surface area contributed by atoms with Crippen molar-refractivity contribution in [1.82, 2.24) is 14.5 Å². The Bertz CT molecular complexity index is 1110. The predicted octanol–water partition coefficient (Wildman–Crippen LogP) is 1.96. The Kier molecular flexibility index (Phi) is 4.36. The Morgan fingerprint density at radius 2 is 1.96 bits per heavy atom. The molecule has 0 fully saturated rings. The summed E-state index contributed by atoms with van der Waals surface area (Å²) < 4.78 is 39.5. The zero-order valence-electron chi connectivity index (χ0n) is 13.9. The minimum absolute atomic E-state index is 0.0666. The zero-order chi connectivity index (χ0) is 19.1. The van der Waals surface area contributed by atoms with Crippen molar-refractivity contribution in [2.24, 2.45) is 7.05 Å². The number of aryl methyl sites for hydroxylation is 2. The number of aromatic carboxylic acids is 1. The molecular formula is C16H15FN4O4S. The summed E-state index contributed by atoms with van der Waals surface area (Å²) in [5.74, 6) is -1.79. The molecule has 10 heteroatoms. The van der Waals surface area contributed by atoms with Crippen LogP contribution in [0.25, 0.3) is 11.2 Å². The normalized spacial score (nSPS) is 11.7. The maximum atomic E-state index is 13.0. The number of imidazole rings is 1. The molecule has 0 spiro atoms. The van der Waals surface area contributed by atoms with Crippen molar-refractivity contribution in [3.63, 3.8) is 0 Å². The highest BCUT2D eigenvalue weighted by Crippen LogP contribution is 2.26. The van der Waals surface area contributed by atoms with Gasteiger partial charge < -0.3 is 15.0 Å². The molecule has 0 saturated heterocycles. The van der Waals surface area contributed by atoms with Crippen LogP contribution in [-0.2, 0) is 16.9 Å². The fourth-order valence-electron chi connectivity index (χ4n) is 2.47. The van der Waals surface area contributed by atoms with Gasteiger partial charge in [-0.05, 0) is 31.2 Å². The largest absolute Gasteiger partial charge is 0.478 e. The number of sulfone groups is 1. The summed E-state index contributed by atoms with van der Waals surface area (Å²) in [7, 11) is -2.10. The van der Waals surface area contributed by atoms with Crippen molar-refractivity contribution >= 4 is 32.7 Å². The molecule has 0 bridgehead atoms. The van der Waals surface area contributed by atoms with Crippen LogP contribution in [0.5, 0.6) is 0 Å². The SMILES string of the molecule is Cc1nc2c(NCS(=O)(=O)c3ccc(F)cc3)c(C(=O)O)cnc2n1C. The first kappa shape index (κ1) is 17.8. The van der Waals surface area contributed by atoms with Crippen molar-refractivity contribution in [3.8, 4) is 0 Å². The van der Waals surface area contributed by atoms with Crippen molar-refractivity contribution in [1.29, 1.82) is 0 Å². The van der Waals surface area contributed by atoms with Gasteiger partial charge in [0.25, 0.3) is 0 Å². The standard InChI is InChI=1S/C16H15FN4O4S/c1-9-20-14-13(12(16(22)23)7-18-15(14)21(9)2)19-8-26(24,25)11-5-3-10(17)4-6-11/h3-7H,8H2,1-2H3,(H,18,19)(H,22,23). The number of carboxylic acids is 1. The van der Waals surface area contributed by atoms with E-state index in [1.165, 1.54) is 0 Å². The number of hydrogen-bond donors (Lipinski definition) is 2. The third kappa shape index (κ3) is 3.10. The monoisotopic (exact) mass is 378 g/mol. The van der Waals surface area contributed by atoms with Gasteiger partial charge in [0.05, 0.1) is 10.6 Å². The van der Waals surface area contributed by atoms with Gasteiger partial charge >= 0.3 is 5.97 Å². The Labute approximate surface area is 148 Å². The summed E-state index contributed by atoms with van der Waals surface area (Å²) in [4.78, 5) is 19.8. The number of aromatic nitrogens is 3. The van der Waals surface area contributed by atoms with Crippen LogP contribution in [0.4, 0.5) is 10.1 Å². The van der Waals surface area contributed by atoms with Gasteiger partial charge in [-0.1, -0.05) is 0 Å². The summed E-state index contributed by atoms with van der Waals surface area (Å²) in [5.41, 5.74) is 0.565. The Hall–Kier alpha value is -3.01. The Balaban J connectivity index is 2.02. The molecule has 0 amide bonds. The molecule has 0 unspecified atom stereocenters. The van der Waals surface area contributed by atoms with E-state index in [2.05, 4.69) is 15.3 Å². The van der Waals surface area contributed by atoms with Crippen LogP contribution < -0.4 is 5.32 Å². The van der Waals surface area contributed by atoms with Crippen molar-refractivity contribution in [2.75, 3.05) is 11.2 Å². The number of fused-ring (bicyclic) bond motifs is 1. The van der Waals surface area contributed by atoms with Crippen LogP contribution in [0.1, 0.15) is 16.2 Å². The molecule has 0 saturated carbocycles. The molecule has 2 aromatic heterocycles. The van der Waals surface area contributed by atoms with Crippen molar-refractivity contribution in [2.45, 2.75) is 11.8 Å². The summed E-state index contributed by atoms with van der Waals surface area (Å²) in [6.07, 6.45) is 1.15. The van der Waals surface area contributed by atoms with Gasteiger partial charge in [0.15, 0.2) is 15.5 Å². The van der Waals surface area contributed by atoms with E-state index in [1.807, 2.05) is 0 Å². The highest BCUT2D eigenvalue weighted by atomic mass is 32.2. The quantitative estimate of drug-likeness (QED) is 0.652. The molecule has 8 nitrogen and oxygen atoms in total. The van der Waals surface area contributed by atoms with Crippen LogP contribution in [0.15, 0.2) is 35.4 Å². The first-order chi connectivity index (χ1) is 12.2. The number of hydrogen-bond acceptors (Lipinski definition) is 6. The van der Waals surface area contributed by atoms with Gasteiger partial charge in [0, 0.05) is 13.2 Å². The average molecular weight is 378 g/mol. The molecule has 26 heavy (non-hydrogen) atoms. The molecule has 136 valence electrons. The second-order valence-electron chi connectivity index (χ2n) is 5.63. The zero-order valence-corrected chi connectivity index (χ0v) is 14.7. The fraction of sp³-hybridized carbons (Fsp3) is 0.188. The topological polar surface area (TPSA) is 114 Å². The Morgan fingerprint density at radius 3 is 2.58 bits per heavy atom. The highest BCUT2D eigenvalue weighted by Gasteiger charge is 2.21. The maximum absolute atomic E-state index is 13.0. The molecule has 1 aromatic carbocycles.